The number of thiophene rings is 1. The lowest BCUT2D eigenvalue weighted by molar-refractivity contribution is -0.123. The van der Waals surface area contributed by atoms with Crippen LogP contribution in [0.15, 0.2) is 33.9 Å². The molecular formula is C23H30N4O3S3. The Kier molecular flexibility index (Phi) is 7.20. The first-order valence-electron chi connectivity index (χ1n) is 11.0. The summed E-state index contributed by atoms with van der Waals surface area (Å²) in [5.41, 5.74) is 3.31. The van der Waals surface area contributed by atoms with Gasteiger partial charge in [-0.15, -0.1) is 11.3 Å². The second kappa shape index (κ2) is 9.79. The van der Waals surface area contributed by atoms with Gasteiger partial charge in [0.05, 0.1) is 10.2 Å². The Balaban J connectivity index is 1.53. The van der Waals surface area contributed by atoms with Crippen molar-refractivity contribution in [1.29, 1.82) is 0 Å². The van der Waals surface area contributed by atoms with Crippen LogP contribution >= 0.6 is 22.7 Å². The predicted molar refractivity (Wildman–Crippen MR) is 136 cm³/mol. The normalized spacial score (nSPS) is 16.0. The van der Waals surface area contributed by atoms with Gasteiger partial charge in [0.1, 0.15) is 4.21 Å². The topological polar surface area (TPSA) is 73.8 Å². The summed E-state index contributed by atoms with van der Waals surface area (Å²) in [4.78, 5) is 22.3. The molecule has 2 aromatic heterocycles. The monoisotopic (exact) mass is 506 g/mol. The molecule has 1 aliphatic heterocycles. The van der Waals surface area contributed by atoms with Crippen LogP contribution in [0.3, 0.4) is 0 Å². The number of benzene rings is 1. The van der Waals surface area contributed by atoms with Gasteiger partial charge in [0.15, 0.2) is 5.13 Å². The van der Waals surface area contributed by atoms with Gasteiger partial charge in [0.2, 0.25) is 5.91 Å². The maximum absolute atomic E-state index is 13.6. The first-order valence-corrected chi connectivity index (χ1v) is 14.2. The van der Waals surface area contributed by atoms with Crippen molar-refractivity contribution in [2.75, 3.05) is 45.2 Å². The average molecular weight is 507 g/mol. The van der Waals surface area contributed by atoms with Crippen LogP contribution in [-0.4, -0.2) is 68.8 Å². The third kappa shape index (κ3) is 5.14. The molecule has 10 heteroatoms. The Labute approximate surface area is 203 Å². The number of nitrogens with zero attached hydrogens (tertiary/aromatic N) is 4. The average Bonchev–Trinajstić information content (AvgIpc) is 3.45. The molecule has 3 aromatic rings. The lowest BCUT2D eigenvalue weighted by Gasteiger charge is -2.33. The number of fused-ring (bicyclic) bond motifs is 1. The van der Waals surface area contributed by atoms with E-state index in [0.717, 1.165) is 21.9 Å². The second-order valence-corrected chi connectivity index (χ2v) is 12.9. The summed E-state index contributed by atoms with van der Waals surface area (Å²) in [6, 6.07) is 7.59. The molecule has 1 fully saturated rings. The Bertz CT molecular complexity index is 1190. The third-order valence-electron chi connectivity index (χ3n) is 6.15. The van der Waals surface area contributed by atoms with Crippen LogP contribution in [0.2, 0.25) is 0 Å². The molecule has 1 aromatic carbocycles. The number of piperidine rings is 1. The molecule has 0 unspecified atom stereocenters. The van der Waals surface area contributed by atoms with E-state index in [1.54, 1.807) is 28.8 Å². The van der Waals surface area contributed by atoms with Gasteiger partial charge < -0.3 is 4.90 Å². The molecule has 1 amide bonds. The highest BCUT2D eigenvalue weighted by molar-refractivity contribution is 7.91. The van der Waals surface area contributed by atoms with Gasteiger partial charge in [-0.3, -0.25) is 9.69 Å². The van der Waals surface area contributed by atoms with Crippen LogP contribution in [-0.2, 0) is 14.8 Å². The predicted octanol–water partition coefficient (Wildman–Crippen LogP) is 3.97. The van der Waals surface area contributed by atoms with Gasteiger partial charge in [0.25, 0.3) is 10.0 Å². The first kappa shape index (κ1) is 24.3. The lowest BCUT2D eigenvalue weighted by atomic mass is 9.96. The van der Waals surface area contributed by atoms with Crippen LogP contribution < -0.4 is 4.90 Å². The van der Waals surface area contributed by atoms with Gasteiger partial charge in [-0.2, -0.15) is 4.31 Å². The van der Waals surface area contributed by atoms with E-state index in [-0.39, 0.29) is 11.8 Å². The Morgan fingerprint density at radius 2 is 1.85 bits per heavy atom. The number of aryl methyl sites for hydroxylation is 2. The van der Waals surface area contributed by atoms with Crippen molar-refractivity contribution in [2.45, 2.75) is 30.9 Å². The minimum absolute atomic E-state index is 0.0394. The standard InChI is InChI=1S/C23H30N4O3S3/c1-16-14-19-20(15-17(16)2)32-23(24-19)27(12-11-25(3)4)22(28)18-7-9-26(10-8-18)33(29,30)21-6-5-13-31-21/h5-6,13-15,18H,7-12H2,1-4H3. The van der Waals surface area contributed by atoms with Gasteiger partial charge in [-0.1, -0.05) is 17.4 Å². The van der Waals surface area contributed by atoms with Crippen molar-refractivity contribution >= 4 is 54.0 Å². The summed E-state index contributed by atoms with van der Waals surface area (Å²) in [6.07, 6.45) is 1.04. The van der Waals surface area contributed by atoms with Gasteiger partial charge in [0, 0.05) is 32.1 Å². The molecule has 1 saturated heterocycles. The van der Waals surface area contributed by atoms with E-state index in [9.17, 15) is 13.2 Å². The van der Waals surface area contributed by atoms with E-state index >= 15 is 0 Å². The molecule has 0 saturated carbocycles. The molecule has 4 rings (SSSR count). The number of hydrogen-bond acceptors (Lipinski definition) is 7. The smallest absolute Gasteiger partial charge is 0.252 e. The van der Waals surface area contributed by atoms with Gasteiger partial charge in [-0.05, 0) is 75.5 Å². The van der Waals surface area contributed by atoms with E-state index in [0.29, 0.717) is 36.7 Å². The molecule has 7 nitrogen and oxygen atoms in total. The Morgan fingerprint density at radius 1 is 1.15 bits per heavy atom. The molecule has 33 heavy (non-hydrogen) atoms. The van der Waals surface area contributed by atoms with Crippen molar-refractivity contribution in [3.63, 3.8) is 0 Å². The highest BCUT2D eigenvalue weighted by Gasteiger charge is 2.35. The number of amides is 1. The molecule has 0 aliphatic carbocycles. The quantitative estimate of drug-likeness (QED) is 0.485. The van der Waals surface area contributed by atoms with E-state index in [1.807, 2.05) is 19.0 Å². The molecule has 1 aliphatic rings. The van der Waals surface area contributed by atoms with E-state index < -0.39 is 10.0 Å². The number of thiazole rings is 1. The second-order valence-electron chi connectivity index (χ2n) is 8.80. The number of rotatable bonds is 7. The molecule has 3 heterocycles. The van der Waals surface area contributed by atoms with Crippen LogP contribution in [0.1, 0.15) is 24.0 Å². The van der Waals surface area contributed by atoms with Gasteiger partial charge in [-0.25, -0.2) is 13.4 Å². The zero-order chi connectivity index (χ0) is 23.8. The molecule has 0 spiro atoms. The maximum Gasteiger partial charge on any atom is 0.252 e. The van der Waals surface area contributed by atoms with Gasteiger partial charge >= 0.3 is 0 Å². The number of anilines is 1. The summed E-state index contributed by atoms with van der Waals surface area (Å²) >= 11 is 2.78. The first-order chi connectivity index (χ1) is 15.7. The molecule has 0 bridgehead atoms. The minimum atomic E-state index is -3.48. The van der Waals surface area contributed by atoms with Crippen molar-refractivity contribution in [1.82, 2.24) is 14.2 Å². The van der Waals surface area contributed by atoms with Crippen LogP contribution in [0.25, 0.3) is 10.2 Å². The molecule has 0 atom stereocenters. The molecule has 0 radical (unpaired) electrons. The number of aromatic nitrogens is 1. The number of hydrogen-bond donors (Lipinski definition) is 0. The van der Waals surface area contributed by atoms with Crippen molar-refractivity contribution < 1.29 is 13.2 Å². The summed E-state index contributed by atoms with van der Waals surface area (Å²) in [5.74, 6) is -0.171. The SMILES string of the molecule is Cc1cc2nc(N(CCN(C)C)C(=O)C3CCN(S(=O)(=O)c4cccs4)CC3)sc2cc1C. The zero-order valence-corrected chi connectivity index (χ0v) is 21.9. The molecular weight excluding hydrogens is 476 g/mol. The van der Waals surface area contributed by atoms with Crippen LogP contribution in [0.5, 0.6) is 0 Å². The Hall–Kier alpha value is -1.85. The Morgan fingerprint density at radius 3 is 2.48 bits per heavy atom. The number of likely N-dealkylation sites (N-methyl/N-ethyl adjacent to an activating group) is 1. The van der Waals surface area contributed by atoms with E-state index in [2.05, 4.69) is 30.9 Å². The highest BCUT2D eigenvalue weighted by Crippen LogP contribution is 2.33. The van der Waals surface area contributed by atoms with Crippen molar-refractivity contribution in [3.8, 4) is 0 Å². The summed E-state index contributed by atoms with van der Waals surface area (Å²) in [6.45, 7) is 6.15. The van der Waals surface area contributed by atoms with E-state index in [1.165, 1.54) is 26.8 Å². The third-order valence-corrected chi connectivity index (χ3v) is 10.5. The fourth-order valence-corrected chi connectivity index (χ4v) is 7.68. The number of sulfonamides is 1. The highest BCUT2D eigenvalue weighted by atomic mass is 32.2. The summed E-state index contributed by atoms with van der Waals surface area (Å²) < 4.78 is 28.6. The van der Waals surface area contributed by atoms with E-state index in [4.69, 9.17) is 4.98 Å². The molecule has 0 N–H and O–H groups in total. The fraction of sp³-hybridized carbons (Fsp3) is 0.478. The van der Waals surface area contributed by atoms with Crippen LogP contribution in [0, 0.1) is 19.8 Å². The van der Waals surface area contributed by atoms with Crippen molar-refractivity contribution in [3.05, 3.63) is 40.8 Å². The summed E-state index contributed by atoms with van der Waals surface area (Å²) in [5, 5.41) is 2.49. The number of carbonyl (C=O) groups excluding carboxylic acids is 1. The van der Waals surface area contributed by atoms with Crippen LogP contribution in [0.4, 0.5) is 5.13 Å². The fourth-order valence-electron chi connectivity index (χ4n) is 3.98. The lowest BCUT2D eigenvalue weighted by Crippen LogP contribution is -2.45. The zero-order valence-electron chi connectivity index (χ0n) is 19.4. The molecule has 178 valence electrons. The van der Waals surface area contributed by atoms with Crippen molar-refractivity contribution in [2.24, 2.45) is 5.92 Å². The summed E-state index contributed by atoms with van der Waals surface area (Å²) in [7, 11) is 0.498. The minimum Gasteiger partial charge on any atom is -0.308 e. The maximum atomic E-state index is 13.6. The largest absolute Gasteiger partial charge is 0.308 e. The number of carbonyl (C=O) groups is 1.